The van der Waals surface area contributed by atoms with E-state index < -0.39 is 0 Å². The smallest absolute Gasteiger partial charge is 0.229 e. The Bertz CT molecular complexity index is 977. The molecule has 0 unspecified atom stereocenters. The van der Waals surface area contributed by atoms with Gasteiger partial charge in [0.25, 0.3) is 0 Å². The van der Waals surface area contributed by atoms with Crippen molar-refractivity contribution < 1.29 is 14.3 Å². The molecule has 1 aliphatic rings. The van der Waals surface area contributed by atoms with Crippen molar-refractivity contribution in [2.75, 3.05) is 25.5 Å². The Balaban J connectivity index is 1.35. The SMILES string of the molecule is COc1ccc2[nH]cc(CC(=O)N3CCC(C(=O)Nc4nncs4)CC3)c2c1. The summed E-state index contributed by atoms with van der Waals surface area (Å²) < 4.78 is 5.28. The summed E-state index contributed by atoms with van der Waals surface area (Å²) in [5.74, 6) is 0.688. The number of hydrogen-bond donors (Lipinski definition) is 2. The van der Waals surface area contributed by atoms with Crippen LogP contribution in [0.15, 0.2) is 29.9 Å². The Kier molecular flexibility index (Phi) is 5.25. The predicted octanol–water partition coefficient (Wildman–Crippen LogP) is 2.45. The minimum atomic E-state index is -0.106. The number of rotatable bonds is 5. The van der Waals surface area contributed by atoms with Crippen LogP contribution in [0.2, 0.25) is 0 Å². The summed E-state index contributed by atoms with van der Waals surface area (Å²) in [6.07, 6.45) is 3.51. The van der Waals surface area contributed by atoms with E-state index in [1.807, 2.05) is 29.3 Å². The third-order valence-electron chi connectivity index (χ3n) is 5.12. The number of fused-ring (bicyclic) bond motifs is 1. The first kappa shape index (κ1) is 18.4. The number of ether oxygens (including phenoxy) is 1. The molecule has 0 radical (unpaired) electrons. The number of piperidine rings is 1. The number of methoxy groups -OCH3 is 1. The topological polar surface area (TPSA) is 100 Å². The first-order valence-electron chi connectivity index (χ1n) is 9.13. The van der Waals surface area contributed by atoms with Crippen LogP contribution in [0.5, 0.6) is 5.75 Å². The molecule has 9 heteroatoms. The molecule has 8 nitrogen and oxygen atoms in total. The van der Waals surface area contributed by atoms with Crippen molar-refractivity contribution in [1.29, 1.82) is 0 Å². The molecule has 0 saturated carbocycles. The third-order valence-corrected chi connectivity index (χ3v) is 5.73. The van der Waals surface area contributed by atoms with Crippen molar-refractivity contribution in [3.05, 3.63) is 35.5 Å². The molecule has 2 amide bonds. The molecule has 0 aliphatic carbocycles. The maximum Gasteiger partial charge on any atom is 0.229 e. The van der Waals surface area contributed by atoms with Gasteiger partial charge in [-0.3, -0.25) is 9.59 Å². The number of anilines is 1. The zero-order chi connectivity index (χ0) is 19.5. The van der Waals surface area contributed by atoms with Gasteiger partial charge < -0.3 is 19.9 Å². The van der Waals surface area contributed by atoms with E-state index in [4.69, 9.17) is 4.74 Å². The Morgan fingerprint density at radius 1 is 1.36 bits per heavy atom. The average Bonchev–Trinajstić information content (AvgIpc) is 3.37. The summed E-state index contributed by atoms with van der Waals surface area (Å²) in [7, 11) is 1.63. The van der Waals surface area contributed by atoms with Crippen LogP contribution < -0.4 is 10.1 Å². The highest BCUT2D eigenvalue weighted by atomic mass is 32.1. The molecule has 0 bridgehead atoms. The fraction of sp³-hybridized carbons (Fsp3) is 0.368. The molecule has 28 heavy (non-hydrogen) atoms. The van der Waals surface area contributed by atoms with E-state index in [9.17, 15) is 9.59 Å². The highest BCUT2D eigenvalue weighted by molar-refractivity contribution is 7.13. The number of nitrogens with one attached hydrogen (secondary N) is 2. The van der Waals surface area contributed by atoms with Gasteiger partial charge in [-0.2, -0.15) is 0 Å². The van der Waals surface area contributed by atoms with Gasteiger partial charge in [0.05, 0.1) is 13.5 Å². The molecule has 2 aromatic heterocycles. The van der Waals surface area contributed by atoms with Crippen LogP contribution in [-0.2, 0) is 16.0 Å². The van der Waals surface area contributed by atoms with Crippen LogP contribution in [0.1, 0.15) is 18.4 Å². The number of aromatic nitrogens is 3. The molecule has 1 aromatic carbocycles. The number of H-pyrrole nitrogens is 1. The van der Waals surface area contributed by atoms with E-state index in [1.165, 1.54) is 11.3 Å². The van der Waals surface area contributed by atoms with E-state index in [2.05, 4.69) is 20.5 Å². The van der Waals surface area contributed by atoms with Gasteiger partial charge >= 0.3 is 0 Å². The third kappa shape index (κ3) is 3.84. The molecule has 3 heterocycles. The fourth-order valence-corrected chi connectivity index (χ4v) is 3.98. The van der Waals surface area contributed by atoms with E-state index in [1.54, 1.807) is 12.6 Å². The number of nitrogens with zero attached hydrogens (tertiary/aromatic N) is 3. The van der Waals surface area contributed by atoms with Crippen molar-refractivity contribution in [3.8, 4) is 5.75 Å². The maximum absolute atomic E-state index is 12.8. The lowest BCUT2D eigenvalue weighted by Gasteiger charge is -2.31. The number of likely N-dealkylation sites (tertiary alicyclic amines) is 1. The normalized spacial score (nSPS) is 15.0. The Hall–Kier alpha value is -2.94. The summed E-state index contributed by atoms with van der Waals surface area (Å²) in [5.41, 5.74) is 3.52. The molecule has 0 spiro atoms. The van der Waals surface area contributed by atoms with Crippen molar-refractivity contribution in [3.63, 3.8) is 0 Å². The quantitative estimate of drug-likeness (QED) is 0.686. The average molecular weight is 399 g/mol. The monoisotopic (exact) mass is 399 g/mol. The molecule has 146 valence electrons. The molecule has 1 fully saturated rings. The van der Waals surface area contributed by atoms with Gasteiger partial charge in [-0.05, 0) is 36.6 Å². The molecular weight excluding hydrogens is 378 g/mol. The highest BCUT2D eigenvalue weighted by Crippen LogP contribution is 2.25. The Morgan fingerprint density at radius 2 is 2.18 bits per heavy atom. The molecular formula is C19H21N5O3S. The maximum atomic E-state index is 12.8. The summed E-state index contributed by atoms with van der Waals surface area (Å²) in [4.78, 5) is 30.1. The molecule has 1 saturated heterocycles. The lowest BCUT2D eigenvalue weighted by molar-refractivity contribution is -0.133. The number of hydrogen-bond acceptors (Lipinski definition) is 6. The van der Waals surface area contributed by atoms with E-state index in [0.29, 0.717) is 37.5 Å². The van der Waals surface area contributed by atoms with Crippen molar-refractivity contribution in [1.82, 2.24) is 20.1 Å². The van der Waals surface area contributed by atoms with E-state index in [-0.39, 0.29) is 17.7 Å². The van der Waals surface area contributed by atoms with Crippen LogP contribution in [0.3, 0.4) is 0 Å². The van der Waals surface area contributed by atoms with Crippen LogP contribution in [0.25, 0.3) is 10.9 Å². The summed E-state index contributed by atoms with van der Waals surface area (Å²) >= 11 is 1.30. The Labute approximate surface area is 165 Å². The van der Waals surface area contributed by atoms with Crippen LogP contribution >= 0.6 is 11.3 Å². The first-order valence-corrected chi connectivity index (χ1v) is 10.0. The van der Waals surface area contributed by atoms with Crippen LogP contribution in [-0.4, -0.2) is 52.1 Å². The van der Waals surface area contributed by atoms with Crippen molar-refractivity contribution in [2.24, 2.45) is 5.92 Å². The van der Waals surface area contributed by atoms with Crippen LogP contribution in [0.4, 0.5) is 5.13 Å². The van der Waals surface area contributed by atoms with Gasteiger partial charge in [0, 0.05) is 36.1 Å². The number of amides is 2. The zero-order valence-electron chi connectivity index (χ0n) is 15.5. The highest BCUT2D eigenvalue weighted by Gasteiger charge is 2.28. The number of benzene rings is 1. The lowest BCUT2D eigenvalue weighted by atomic mass is 9.95. The summed E-state index contributed by atoms with van der Waals surface area (Å²) in [5, 5.41) is 11.8. The molecule has 2 N–H and O–H groups in total. The van der Waals surface area contributed by atoms with Gasteiger partial charge in [-0.15, -0.1) is 10.2 Å². The van der Waals surface area contributed by atoms with Gasteiger partial charge in [-0.1, -0.05) is 11.3 Å². The van der Waals surface area contributed by atoms with Gasteiger partial charge in [0.15, 0.2) is 0 Å². The summed E-state index contributed by atoms with van der Waals surface area (Å²) in [6.45, 7) is 1.16. The van der Waals surface area contributed by atoms with Crippen LogP contribution in [0, 0.1) is 5.92 Å². The first-order chi connectivity index (χ1) is 13.6. The minimum Gasteiger partial charge on any atom is -0.497 e. The predicted molar refractivity (Wildman–Crippen MR) is 106 cm³/mol. The largest absolute Gasteiger partial charge is 0.497 e. The van der Waals surface area contributed by atoms with E-state index >= 15 is 0 Å². The van der Waals surface area contributed by atoms with Gasteiger partial charge in [0.1, 0.15) is 11.3 Å². The standard InChI is InChI=1S/C19H21N5O3S/c1-27-14-2-3-16-15(9-14)13(10-20-16)8-17(25)24-6-4-12(5-7-24)18(26)22-19-23-21-11-28-19/h2-3,9-12,20H,4-8H2,1H3,(H,22,23,26). The number of carbonyl (C=O) groups is 2. The zero-order valence-corrected chi connectivity index (χ0v) is 16.3. The lowest BCUT2D eigenvalue weighted by Crippen LogP contribution is -2.42. The fourth-order valence-electron chi connectivity index (χ4n) is 3.53. The van der Waals surface area contributed by atoms with E-state index in [0.717, 1.165) is 22.2 Å². The second-order valence-corrected chi connectivity index (χ2v) is 7.62. The van der Waals surface area contributed by atoms with Crippen molar-refractivity contribution >= 4 is 39.2 Å². The summed E-state index contributed by atoms with van der Waals surface area (Å²) in [6, 6.07) is 5.78. The molecule has 3 aromatic rings. The minimum absolute atomic E-state index is 0.0485. The Morgan fingerprint density at radius 3 is 2.89 bits per heavy atom. The van der Waals surface area contributed by atoms with Crippen molar-refractivity contribution in [2.45, 2.75) is 19.3 Å². The number of aromatic amines is 1. The second kappa shape index (κ2) is 7.97. The van der Waals surface area contributed by atoms with Gasteiger partial charge in [-0.25, -0.2) is 0 Å². The number of carbonyl (C=O) groups excluding carboxylic acids is 2. The molecule has 0 atom stereocenters. The molecule has 1 aliphatic heterocycles. The van der Waals surface area contributed by atoms with Gasteiger partial charge in [0.2, 0.25) is 16.9 Å². The molecule has 4 rings (SSSR count). The second-order valence-electron chi connectivity index (χ2n) is 6.79.